The largest absolute Gasteiger partial charge is 0.346 e. The lowest BCUT2D eigenvalue weighted by Gasteiger charge is -2.13. The second-order valence-electron chi connectivity index (χ2n) is 8.98. The summed E-state index contributed by atoms with van der Waals surface area (Å²) in [5, 5.41) is 66.5. The minimum absolute atomic E-state index is 0.0199. The zero-order valence-corrected chi connectivity index (χ0v) is 20.6. The average molecular weight is 560 g/mol. The number of benzene rings is 3. The van der Waals surface area contributed by atoms with Crippen LogP contribution in [0.2, 0.25) is 0 Å². The highest BCUT2D eigenvalue weighted by molar-refractivity contribution is 5.95. The van der Waals surface area contributed by atoms with E-state index in [4.69, 9.17) is 13.1 Å². The Hall–Kier alpha value is -7.04. The van der Waals surface area contributed by atoms with Crippen molar-refractivity contribution in [3.05, 3.63) is 120 Å². The van der Waals surface area contributed by atoms with Crippen LogP contribution in [0.15, 0.2) is 24.3 Å². The summed E-state index contributed by atoms with van der Waals surface area (Å²) < 4.78 is 0. The number of nitriles is 2. The van der Waals surface area contributed by atoms with Gasteiger partial charge in [-0.25, -0.2) is 20.2 Å². The Kier molecular flexibility index (Phi) is 5.89. The molecule has 0 saturated heterocycles. The monoisotopic (exact) mass is 560 g/mol. The molecule has 0 N–H and O–H groups in total. The first-order chi connectivity index (χ1) is 20.0. The van der Waals surface area contributed by atoms with Gasteiger partial charge in [-0.2, -0.15) is 0 Å². The third kappa shape index (κ3) is 3.58. The molecule has 0 amide bonds. The van der Waals surface area contributed by atoms with E-state index in [1.54, 1.807) is 12.1 Å². The van der Waals surface area contributed by atoms with E-state index in [0.717, 1.165) is 24.3 Å². The first-order valence-corrected chi connectivity index (χ1v) is 11.4. The molecule has 5 rings (SSSR count). The van der Waals surface area contributed by atoms with E-state index < -0.39 is 53.8 Å². The number of hydrogen-bond donors (Lipinski definition) is 0. The van der Waals surface area contributed by atoms with Crippen molar-refractivity contribution >= 4 is 34.1 Å². The Labute approximate surface area is 232 Å². The highest BCUT2D eigenvalue weighted by Crippen LogP contribution is 2.45. The van der Waals surface area contributed by atoms with Crippen LogP contribution in [0.4, 0.5) is 22.7 Å². The fourth-order valence-corrected chi connectivity index (χ4v) is 5.57. The van der Waals surface area contributed by atoms with Gasteiger partial charge in [0.15, 0.2) is 0 Å². The number of nitro groups is 4. The molecule has 0 unspecified atom stereocenters. The maximum Gasteiger partial charge on any atom is 0.346 e. The molecule has 0 heterocycles. The SMILES string of the molecule is [C-]#[N+]C(C#N)=c1c2c(c(=C(C#N)[N+]#[C-])c3c1Cc1cc([N+](=O)[O-])c([N+](=O)[O-])cc1-3)-c1cc([N+](=O)[O-])c([N+](=O)[O-])cc1C2. The van der Waals surface area contributed by atoms with Crippen molar-refractivity contribution in [2.24, 2.45) is 0 Å². The lowest BCUT2D eigenvalue weighted by molar-refractivity contribution is -0.422. The molecule has 42 heavy (non-hydrogen) atoms. The van der Waals surface area contributed by atoms with E-state index in [0.29, 0.717) is 0 Å². The fraction of sp³-hybridized carbons (Fsp3) is 0.0769. The van der Waals surface area contributed by atoms with Gasteiger partial charge in [0.1, 0.15) is 0 Å². The predicted molar refractivity (Wildman–Crippen MR) is 140 cm³/mol. The van der Waals surface area contributed by atoms with Crippen LogP contribution < -0.4 is 10.4 Å². The number of rotatable bonds is 4. The van der Waals surface area contributed by atoms with E-state index in [1.807, 2.05) is 0 Å². The van der Waals surface area contributed by atoms with Crippen LogP contribution in [0.1, 0.15) is 22.3 Å². The van der Waals surface area contributed by atoms with Gasteiger partial charge in [-0.05, 0) is 62.6 Å². The molecule has 0 aliphatic heterocycles. The molecule has 200 valence electrons. The maximum atomic E-state index is 11.8. The molecule has 3 aromatic carbocycles. The molecule has 0 fully saturated rings. The number of nitro benzene ring substituents is 4. The molecule has 0 atom stereocenters. The second kappa shape index (κ2) is 9.31. The molecule has 0 bridgehead atoms. The molecule has 16 heteroatoms. The molecule has 0 radical (unpaired) electrons. The summed E-state index contributed by atoms with van der Waals surface area (Å²) in [7, 11) is 0. The van der Waals surface area contributed by atoms with Gasteiger partial charge in [-0.1, -0.05) is 0 Å². The third-order valence-electron chi connectivity index (χ3n) is 7.08. The zero-order chi connectivity index (χ0) is 30.6. The Bertz CT molecular complexity index is 2060. The molecule has 0 aromatic heterocycles. The van der Waals surface area contributed by atoms with E-state index in [-0.39, 0.29) is 67.8 Å². The van der Waals surface area contributed by atoms with Crippen LogP contribution in [0.25, 0.3) is 43.3 Å². The Balaban J connectivity index is 2.11. The van der Waals surface area contributed by atoms with Crippen molar-refractivity contribution in [2.75, 3.05) is 0 Å². The van der Waals surface area contributed by atoms with Crippen molar-refractivity contribution in [1.29, 1.82) is 10.5 Å². The number of hydrogen-bond acceptors (Lipinski definition) is 10. The van der Waals surface area contributed by atoms with E-state index in [9.17, 15) is 51.0 Å². The van der Waals surface area contributed by atoms with E-state index in [2.05, 4.69) is 9.69 Å². The number of fused-ring (bicyclic) bond motifs is 6. The highest BCUT2D eigenvalue weighted by atomic mass is 16.6. The van der Waals surface area contributed by atoms with E-state index in [1.165, 1.54) is 0 Å². The lowest BCUT2D eigenvalue weighted by atomic mass is 9.90. The summed E-state index contributed by atoms with van der Waals surface area (Å²) in [5.74, 6) is 0. The molecule has 2 aliphatic carbocycles. The zero-order valence-electron chi connectivity index (χ0n) is 20.6. The molecule has 3 aromatic rings. The molecular formula is C26H8N8O8. The predicted octanol–water partition coefficient (Wildman–Crippen LogP) is 3.56. The molecule has 0 spiro atoms. The average Bonchev–Trinajstić information content (AvgIpc) is 3.51. The minimum Gasteiger partial charge on any atom is -0.258 e. The number of nitrogens with zero attached hydrogens (tertiary/aromatic N) is 8. The summed E-state index contributed by atoms with van der Waals surface area (Å²) in [4.78, 5) is 49.5. The topological polar surface area (TPSA) is 229 Å². The summed E-state index contributed by atoms with van der Waals surface area (Å²) in [6.07, 6.45) is -0.347. The Morgan fingerprint density at radius 3 is 1.29 bits per heavy atom. The second-order valence-corrected chi connectivity index (χ2v) is 8.98. The highest BCUT2D eigenvalue weighted by Gasteiger charge is 2.38. The molecule has 16 nitrogen and oxygen atoms in total. The first-order valence-electron chi connectivity index (χ1n) is 11.4. The van der Waals surface area contributed by atoms with Crippen molar-refractivity contribution in [3.63, 3.8) is 0 Å². The van der Waals surface area contributed by atoms with E-state index >= 15 is 0 Å². The van der Waals surface area contributed by atoms with Gasteiger partial charge in [0.05, 0.1) is 45.0 Å². The van der Waals surface area contributed by atoms with Gasteiger partial charge in [0.25, 0.3) is 11.4 Å². The Morgan fingerprint density at radius 2 is 0.976 bits per heavy atom. The van der Waals surface area contributed by atoms with Crippen LogP contribution in [0, 0.1) is 76.3 Å². The van der Waals surface area contributed by atoms with Crippen molar-refractivity contribution in [3.8, 4) is 34.4 Å². The smallest absolute Gasteiger partial charge is 0.258 e. The van der Waals surface area contributed by atoms with Crippen LogP contribution in [-0.2, 0) is 12.8 Å². The molecular weight excluding hydrogens is 552 g/mol. The van der Waals surface area contributed by atoms with Crippen molar-refractivity contribution in [1.82, 2.24) is 0 Å². The normalized spacial score (nSPS) is 11.3. The quantitative estimate of drug-likeness (QED) is 0.176. The molecule has 0 saturated carbocycles. The summed E-state index contributed by atoms with van der Waals surface area (Å²) in [6.45, 7) is 15.3. The Morgan fingerprint density at radius 1 is 0.643 bits per heavy atom. The summed E-state index contributed by atoms with van der Waals surface area (Å²) in [5.41, 5.74) is -3.55. The van der Waals surface area contributed by atoms with Gasteiger partial charge in [0.2, 0.25) is 0 Å². The van der Waals surface area contributed by atoms with Gasteiger partial charge in [-0.15, -0.1) is 0 Å². The third-order valence-corrected chi connectivity index (χ3v) is 7.08. The van der Waals surface area contributed by atoms with Crippen molar-refractivity contribution < 1.29 is 19.7 Å². The summed E-state index contributed by atoms with van der Waals surface area (Å²) >= 11 is 0. The minimum atomic E-state index is -0.974. The van der Waals surface area contributed by atoms with Gasteiger partial charge in [0, 0.05) is 29.5 Å². The van der Waals surface area contributed by atoms with Gasteiger partial charge < -0.3 is 0 Å². The first kappa shape index (κ1) is 26.6. The lowest BCUT2D eigenvalue weighted by Crippen LogP contribution is -2.25. The van der Waals surface area contributed by atoms with Crippen LogP contribution in [-0.4, -0.2) is 19.7 Å². The van der Waals surface area contributed by atoms with Crippen molar-refractivity contribution in [2.45, 2.75) is 12.8 Å². The standard InChI is InChI=1S/C26H8N8O8/c1-29-17(9-27)23-15-3-11-5-19(31(35)36)21(33(39)40)7-13(11)24(15)26(18(10-28)30-2)25-14-8-22(34(41)42)20(32(37)38)6-12(14)4-16(23)25/h5-8H,3-4H2. The van der Waals surface area contributed by atoms with Crippen LogP contribution in [0.5, 0.6) is 0 Å². The van der Waals surface area contributed by atoms with Gasteiger partial charge in [-0.3, -0.25) is 40.5 Å². The van der Waals surface area contributed by atoms with Crippen LogP contribution >= 0.6 is 0 Å². The maximum absolute atomic E-state index is 11.8. The fourth-order valence-electron chi connectivity index (χ4n) is 5.57. The summed E-state index contributed by atoms with van der Waals surface area (Å²) in [6, 6.07) is 7.29. The van der Waals surface area contributed by atoms with Crippen LogP contribution in [0.3, 0.4) is 0 Å². The van der Waals surface area contributed by atoms with Gasteiger partial charge >= 0.3 is 22.7 Å². The molecule has 2 aliphatic rings.